The van der Waals surface area contributed by atoms with Gasteiger partial charge in [0.25, 0.3) is 0 Å². The van der Waals surface area contributed by atoms with Gasteiger partial charge in [0, 0.05) is 5.56 Å². The van der Waals surface area contributed by atoms with E-state index in [-0.39, 0.29) is 18.5 Å². The Labute approximate surface area is 181 Å². The van der Waals surface area contributed by atoms with Crippen molar-refractivity contribution in [1.82, 2.24) is 4.98 Å². The zero-order valence-corrected chi connectivity index (χ0v) is 17.8. The number of nitrogens with two attached hydrogens (primary N) is 1. The number of fused-ring (bicyclic) bond motifs is 1. The number of pyridine rings is 1. The zero-order valence-electron chi connectivity index (χ0n) is 17.8. The van der Waals surface area contributed by atoms with Crippen molar-refractivity contribution in [1.29, 1.82) is 10.5 Å². The summed E-state index contributed by atoms with van der Waals surface area (Å²) in [6.45, 7) is 7.06. The number of aromatic nitrogens is 1. The highest BCUT2D eigenvalue weighted by molar-refractivity contribution is 6.08. The maximum absolute atomic E-state index is 11.6. The summed E-state index contributed by atoms with van der Waals surface area (Å²) in [5.41, 5.74) is 11.1. The van der Waals surface area contributed by atoms with Gasteiger partial charge in [0.05, 0.1) is 22.9 Å². The van der Waals surface area contributed by atoms with Crippen LogP contribution in [0.1, 0.15) is 48.7 Å². The van der Waals surface area contributed by atoms with Crippen LogP contribution in [-0.4, -0.2) is 23.7 Å². The first-order valence-corrected chi connectivity index (χ1v) is 9.73. The largest absolute Gasteiger partial charge is 0.482 e. The van der Waals surface area contributed by atoms with Crippen molar-refractivity contribution in [2.24, 2.45) is 0 Å². The van der Waals surface area contributed by atoms with Gasteiger partial charge in [-0.2, -0.15) is 10.5 Å². The second kappa shape index (κ2) is 8.73. The fourth-order valence-electron chi connectivity index (χ4n) is 3.46. The minimum Gasteiger partial charge on any atom is -0.482 e. The number of nitrogen functional groups attached to an aromatic ring is 1. The molecule has 1 aromatic carbocycles. The van der Waals surface area contributed by atoms with Gasteiger partial charge in [-0.05, 0) is 68.2 Å². The van der Waals surface area contributed by atoms with Gasteiger partial charge in [-0.1, -0.05) is 12.1 Å². The minimum atomic E-state index is -0.427. The van der Waals surface area contributed by atoms with Gasteiger partial charge in [-0.25, -0.2) is 9.78 Å². The Bertz CT molecular complexity index is 1190. The summed E-state index contributed by atoms with van der Waals surface area (Å²) in [4.78, 5) is 15.9. The third-order valence-corrected chi connectivity index (χ3v) is 4.90. The van der Waals surface area contributed by atoms with Crippen molar-refractivity contribution in [3.05, 3.63) is 57.8 Å². The molecular weight excluding hydrogens is 392 g/mol. The Morgan fingerprint density at radius 2 is 1.87 bits per heavy atom. The van der Waals surface area contributed by atoms with Gasteiger partial charge in [-0.15, -0.1) is 0 Å². The van der Waals surface area contributed by atoms with Crippen LogP contribution < -0.4 is 10.5 Å². The fraction of sp³-hybridized carbons (Fsp3) is 0.250. The number of carbonyl (C=O) groups excluding carboxylic acids is 1. The summed E-state index contributed by atoms with van der Waals surface area (Å²) in [5.74, 6) is 0.235. The van der Waals surface area contributed by atoms with Crippen LogP contribution in [0.3, 0.4) is 0 Å². The van der Waals surface area contributed by atoms with E-state index >= 15 is 0 Å². The standard InChI is InChI=1S/C24H22N4O3/c1-13(2)31-21(29)12-30-17-7-5-16(6-8-17)9-18-14(3)19(10-25)23-22(18)15(4)20(11-26)24(27)28-23/h5-9,13H,12H2,1-4H3,(H2,27,28). The van der Waals surface area contributed by atoms with Gasteiger partial charge >= 0.3 is 5.97 Å². The zero-order chi connectivity index (χ0) is 22.7. The number of hydrogen-bond donors (Lipinski definition) is 1. The molecule has 0 fully saturated rings. The molecule has 2 N–H and O–H groups in total. The normalized spacial score (nSPS) is 13.7. The summed E-state index contributed by atoms with van der Waals surface area (Å²) >= 11 is 0. The summed E-state index contributed by atoms with van der Waals surface area (Å²) in [5, 5.41) is 19.1. The van der Waals surface area contributed by atoms with E-state index in [2.05, 4.69) is 17.1 Å². The number of nitriles is 2. The number of benzene rings is 1. The Kier molecular flexibility index (Phi) is 6.08. The molecule has 0 bridgehead atoms. The molecule has 7 heteroatoms. The molecule has 1 heterocycles. The number of esters is 1. The molecule has 7 nitrogen and oxygen atoms in total. The number of anilines is 1. The van der Waals surface area contributed by atoms with Crippen LogP contribution in [0.2, 0.25) is 0 Å². The van der Waals surface area contributed by atoms with Crippen LogP contribution in [0.15, 0.2) is 29.8 Å². The molecule has 2 aromatic rings. The van der Waals surface area contributed by atoms with E-state index in [9.17, 15) is 15.3 Å². The van der Waals surface area contributed by atoms with Crippen molar-refractivity contribution in [3.8, 4) is 17.9 Å². The second-order valence-electron chi connectivity index (χ2n) is 7.40. The van der Waals surface area contributed by atoms with E-state index in [0.717, 1.165) is 22.3 Å². The van der Waals surface area contributed by atoms with Gasteiger partial charge in [-0.3, -0.25) is 0 Å². The van der Waals surface area contributed by atoms with Gasteiger partial charge in [0.15, 0.2) is 6.61 Å². The number of carbonyl (C=O) groups is 1. The maximum atomic E-state index is 11.6. The summed E-state index contributed by atoms with van der Waals surface area (Å²) in [6, 6.07) is 11.5. The fourth-order valence-corrected chi connectivity index (χ4v) is 3.46. The Morgan fingerprint density at radius 1 is 1.19 bits per heavy atom. The lowest BCUT2D eigenvalue weighted by Gasteiger charge is -2.11. The lowest BCUT2D eigenvalue weighted by Crippen LogP contribution is -2.18. The highest BCUT2D eigenvalue weighted by Crippen LogP contribution is 2.44. The van der Waals surface area contributed by atoms with Crippen LogP contribution in [0, 0.1) is 29.6 Å². The molecule has 0 unspecified atom stereocenters. The van der Waals surface area contributed by atoms with Crippen molar-refractivity contribution in [2.45, 2.75) is 33.8 Å². The van der Waals surface area contributed by atoms with E-state index in [1.165, 1.54) is 0 Å². The summed E-state index contributed by atoms with van der Waals surface area (Å²) in [6.07, 6.45) is 1.74. The van der Waals surface area contributed by atoms with Crippen molar-refractivity contribution < 1.29 is 14.3 Å². The smallest absolute Gasteiger partial charge is 0.344 e. The number of allylic oxidation sites excluding steroid dienone is 3. The van der Waals surface area contributed by atoms with Crippen molar-refractivity contribution >= 4 is 29.0 Å². The predicted octanol–water partition coefficient (Wildman–Crippen LogP) is 4.03. The molecule has 1 aliphatic rings. The number of hydrogen-bond acceptors (Lipinski definition) is 7. The SMILES string of the molecule is CC1=C(C#N)c2nc(N)c(C#N)c(C)c2C1=Cc1ccc(OCC(=O)OC(C)C)cc1. The second-order valence-corrected chi connectivity index (χ2v) is 7.40. The lowest BCUT2D eigenvalue weighted by molar-refractivity contribution is -0.149. The van der Waals surface area contributed by atoms with Crippen LogP contribution in [-0.2, 0) is 9.53 Å². The average Bonchev–Trinajstić information content (AvgIpc) is 2.98. The quantitative estimate of drug-likeness (QED) is 0.733. The summed E-state index contributed by atoms with van der Waals surface area (Å²) in [7, 11) is 0. The lowest BCUT2D eigenvalue weighted by atomic mass is 9.95. The van der Waals surface area contributed by atoms with Gasteiger partial charge < -0.3 is 15.2 Å². The van der Waals surface area contributed by atoms with Crippen LogP contribution in [0.4, 0.5) is 5.82 Å². The van der Waals surface area contributed by atoms with Gasteiger partial charge in [0.2, 0.25) is 0 Å². The molecule has 31 heavy (non-hydrogen) atoms. The van der Waals surface area contributed by atoms with E-state index in [0.29, 0.717) is 28.1 Å². The molecular formula is C24H22N4O3. The molecule has 0 saturated heterocycles. The van der Waals surface area contributed by atoms with Crippen LogP contribution in [0.25, 0.3) is 17.2 Å². The first-order valence-electron chi connectivity index (χ1n) is 9.73. The Hall–Kier alpha value is -4.10. The summed E-state index contributed by atoms with van der Waals surface area (Å²) < 4.78 is 10.5. The number of nitrogens with zero attached hydrogens (tertiary/aromatic N) is 3. The predicted molar refractivity (Wildman–Crippen MR) is 117 cm³/mol. The Balaban J connectivity index is 1.93. The average molecular weight is 414 g/mol. The third kappa shape index (κ3) is 4.26. The highest BCUT2D eigenvalue weighted by Gasteiger charge is 2.29. The van der Waals surface area contributed by atoms with Crippen molar-refractivity contribution in [2.75, 3.05) is 12.3 Å². The molecule has 0 atom stereocenters. The topological polar surface area (TPSA) is 122 Å². The molecule has 0 aliphatic heterocycles. The first kappa shape index (κ1) is 21.6. The molecule has 0 spiro atoms. The Morgan fingerprint density at radius 3 is 2.45 bits per heavy atom. The van der Waals surface area contributed by atoms with E-state index in [1.54, 1.807) is 26.0 Å². The monoisotopic (exact) mass is 414 g/mol. The third-order valence-electron chi connectivity index (χ3n) is 4.90. The molecule has 1 aliphatic carbocycles. The number of rotatable bonds is 5. The van der Waals surface area contributed by atoms with Crippen LogP contribution in [0.5, 0.6) is 5.75 Å². The van der Waals surface area contributed by atoms with E-state index in [1.807, 2.05) is 32.1 Å². The molecule has 0 amide bonds. The first-order chi connectivity index (χ1) is 14.8. The van der Waals surface area contributed by atoms with Crippen LogP contribution >= 0.6 is 0 Å². The van der Waals surface area contributed by atoms with E-state index < -0.39 is 5.97 Å². The van der Waals surface area contributed by atoms with Gasteiger partial charge in [0.1, 0.15) is 23.7 Å². The van der Waals surface area contributed by atoms with Crippen molar-refractivity contribution in [3.63, 3.8) is 0 Å². The highest BCUT2D eigenvalue weighted by atomic mass is 16.6. The maximum Gasteiger partial charge on any atom is 0.344 e. The van der Waals surface area contributed by atoms with E-state index in [4.69, 9.17) is 15.2 Å². The minimum absolute atomic E-state index is 0.123. The number of ether oxygens (including phenoxy) is 2. The molecule has 0 saturated carbocycles. The molecule has 0 radical (unpaired) electrons. The molecule has 3 rings (SSSR count). The molecule has 1 aromatic heterocycles. The molecule has 156 valence electrons.